The minimum Gasteiger partial charge on any atom is -0.369 e. The second kappa shape index (κ2) is 7.04. The number of anilines is 1. The van der Waals surface area contributed by atoms with Crippen LogP contribution < -0.4 is 10.6 Å². The summed E-state index contributed by atoms with van der Waals surface area (Å²) in [4.78, 5) is 9.20. The molecule has 0 unspecified atom stereocenters. The molecule has 5 heteroatoms. The van der Waals surface area contributed by atoms with Crippen molar-refractivity contribution < 1.29 is 4.39 Å². The molecule has 0 atom stereocenters. The van der Waals surface area contributed by atoms with E-state index in [0.717, 1.165) is 42.3 Å². The van der Waals surface area contributed by atoms with Gasteiger partial charge >= 0.3 is 0 Å². The van der Waals surface area contributed by atoms with Crippen LogP contribution in [-0.2, 0) is 0 Å². The normalized spacial score (nSPS) is 15.6. The highest BCUT2D eigenvalue weighted by molar-refractivity contribution is 5.59. The van der Waals surface area contributed by atoms with Gasteiger partial charge in [-0.1, -0.05) is 0 Å². The molecule has 1 fully saturated rings. The van der Waals surface area contributed by atoms with Gasteiger partial charge in [-0.2, -0.15) is 0 Å². The van der Waals surface area contributed by atoms with E-state index in [1.165, 1.54) is 25.0 Å². The summed E-state index contributed by atoms with van der Waals surface area (Å²) in [5, 5.41) is 6.88. The van der Waals surface area contributed by atoms with Crippen molar-refractivity contribution in [2.45, 2.75) is 26.7 Å². The average Bonchev–Trinajstić information content (AvgIpc) is 2.58. The highest BCUT2D eigenvalue weighted by Gasteiger charge is 2.15. The van der Waals surface area contributed by atoms with Gasteiger partial charge < -0.3 is 10.6 Å². The summed E-state index contributed by atoms with van der Waals surface area (Å²) >= 11 is 0. The van der Waals surface area contributed by atoms with Crippen molar-refractivity contribution in [1.29, 1.82) is 0 Å². The highest BCUT2D eigenvalue weighted by atomic mass is 19.1. The van der Waals surface area contributed by atoms with Crippen LogP contribution in [-0.4, -0.2) is 29.6 Å². The fraction of sp³-hybridized carbons (Fsp3) is 0.444. The maximum absolute atomic E-state index is 13.1. The molecular weight excluding hydrogens is 291 g/mol. The van der Waals surface area contributed by atoms with Gasteiger partial charge in [0.25, 0.3) is 0 Å². The molecule has 2 heterocycles. The van der Waals surface area contributed by atoms with Crippen molar-refractivity contribution in [1.82, 2.24) is 15.3 Å². The third-order valence-corrected chi connectivity index (χ3v) is 4.51. The summed E-state index contributed by atoms with van der Waals surface area (Å²) in [6.45, 7) is 7.14. The van der Waals surface area contributed by atoms with E-state index in [1.54, 1.807) is 12.1 Å². The first-order valence-corrected chi connectivity index (χ1v) is 8.19. The van der Waals surface area contributed by atoms with Crippen LogP contribution in [0.3, 0.4) is 0 Å². The molecule has 1 aromatic heterocycles. The number of aryl methyl sites for hydroxylation is 1. The topological polar surface area (TPSA) is 49.8 Å². The quantitative estimate of drug-likeness (QED) is 0.909. The van der Waals surface area contributed by atoms with Crippen molar-refractivity contribution in [3.05, 3.63) is 41.3 Å². The summed E-state index contributed by atoms with van der Waals surface area (Å²) in [7, 11) is 0. The molecule has 1 aliphatic heterocycles. The molecule has 0 aliphatic carbocycles. The number of aromatic nitrogens is 2. The lowest BCUT2D eigenvalue weighted by Gasteiger charge is -2.23. The lowest BCUT2D eigenvalue weighted by molar-refractivity contribution is 0.389. The van der Waals surface area contributed by atoms with Crippen LogP contribution in [0.15, 0.2) is 24.3 Å². The highest BCUT2D eigenvalue weighted by Crippen LogP contribution is 2.23. The van der Waals surface area contributed by atoms with Crippen LogP contribution in [0.5, 0.6) is 0 Å². The molecule has 0 radical (unpaired) electrons. The van der Waals surface area contributed by atoms with Gasteiger partial charge in [0.2, 0.25) is 0 Å². The monoisotopic (exact) mass is 314 g/mol. The Balaban J connectivity index is 1.80. The fourth-order valence-corrected chi connectivity index (χ4v) is 2.86. The number of hydrogen-bond acceptors (Lipinski definition) is 4. The summed E-state index contributed by atoms with van der Waals surface area (Å²) in [6, 6.07) is 6.32. The first-order chi connectivity index (χ1) is 11.1. The second-order valence-corrected chi connectivity index (χ2v) is 6.19. The maximum atomic E-state index is 13.1. The summed E-state index contributed by atoms with van der Waals surface area (Å²) in [5.74, 6) is 1.96. The Morgan fingerprint density at radius 3 is 2.52 bits per heavy atom. The van der Waals surface area contributed by atoms with Gasteiger partial charge in [-0.25, -0.2) is 14.4 Å². The zero-order chi connectivity index (χ0) is 16.2. The third kappa shape index (κ3) is 3.85. The largest absolute Gasteiger partial charge is 0.369 e. The van der Waals surface area contributed by atoms with Gasteiger partial charge in [-0.3, -0.25) is 0 Å². The number of nitrogens with zero attached hydrogens (tertiary/aromatic N) is 2. The van der Waals surface area contributed by atoms with Gasteiger partial charge in [-0.15, -0.1) is 0 Å². The van der Waals surface area contributed by atoms with Crippen LogP contribution in [0.2, 0.25) is 0 Å². The van der Waals surface area contributed by atoms with Crippen molar-refractivity contribution in [2.24, 2.45) is 5.92 Å². The summed E-state index contributed by atoms with van der Waals surface area (Å²) in [5.41, 5.74) is 2.86. The molecule has 0 amide bonds. The Hall–Kier alpha value is -2.01. The molecule has 4 nitrogen and oxygen atoms in total. The Morgan fingerprint density at radius 2 is 1.83 bits per heavy atom. The molecule has 1 aromatic carbocycles. The van der Waals surface area contributed by atoms with Crippen molar-refractivity contribution in [3.8, 4) is 11.4 Å². The van der Waals surface area contributed by atoms with Crippen molar-refractivity contribution in [2.75, 3.05) is 25.0 Å². The van der Waals surface area contributed by atoms with Gasteiger partial charge in [0.1, 0.15) is 11.6 Å². The molecule has 1 aliphatic rings. The van der Waals surface area contributed by atoms with Crippen molar-refractivity contribution >= 4 is 5.82 Å². The zero-order valence-electron chi connectivity index (χ0n) is 13.7. The number of nitrogens with one attached hydrogen (secondary N) is 2. The molecule has 3 rings (SSSR count). The number of hydrogen-bond donors (Lipinski definition) is 2. The molecule has 1 saturated heterocycles. The number of benzene rings is 1. The molecule has 0 spiro atoms. The Kier molecular flexibility index (Phi) is 4.86. The van der Waals surface area contributed by atoms with Crippen LogP contribution in [0, 0.1) is 25.6 Å². The van der Waals surface area contributed by atoms with Crippen molar-refractivity contribution in [3.63, 3.8) is 0 Å². The van der Waals surface area contributed by atoms with Gasteiger partial charge in [0, 0.05) is 23.4 Å². The Morgan fingerprint density at radius 1 is 1.13 bits per heavy atom. The first kappa shape index (κ1) is 15.9. The third-order valence-electron chi connectivity index (χ3n) is 4.51. The zero-order valence-corrected chi connectivity index (χ0v) is 13.7. The smallest absolute Gasteiger partial charge is 0.161 e. The molecule has 2 N–H and O–H groups in total. The molecule has 0 bridgehead atoms. The van der Waals surface area contributed by atoms with Gasteiger partial charge in [-0.05, 0) is 70.0 Å². The molecule has 23 heavy (non-hydrogen) atoms. The predicted molar refractivity (Wildman–Crippen MR) is 91.0 cm³/mol. The average molecular weight is 314 g/mol. The lowest BCUT2D eigenvalue weighted by Crippen LogP contribution is -2.31. The van der Waals surface area contributed by atoms with E-state index in [1.807, 2.05) is 13.8 Å². The lowest BCUT2D eigenvalue weighted by atomic mass is 9.98. The Labute approximate surface area is 136 Å². The van der Waals surface area contributed by atoms with E-state index in [-0.39, 0.29) is 5.82 Å². The number of rotatable bonds is 4. The van der Waals surface area contributed by atoms with E-state index in [4.69, 9.17) is 0 Å². The maximum Gasteiger partial charge on any atom is 0.161 e. The minimum atomic E-state index is -0.248. The van der Waals surface area contributed by atoms with Crippen LogP contribution in [0.4, 0.5) is 10.2 Å². The fourth-order valence-electron chi connectivity index (χ4n) is 2.86. The predicted octanol–water partition coefficient (Wildman–Crippen LogP) is 3.31. The first-order valence-electron chi connectivity index (χ1n) is 8.19. The SMILES string of the molecule is Cc1nc(-c2ccc(F)cc2)nc(NCC2CCNCC2)c1C. The molecule has 0 saturated carbocycles. The minimum absolute atomic E-state index is 0.248. The number of halogens is 1. The summed E-state index contributed by atoms with van der Waals surface area (Å²) in [6.07, 6.45) is 2.39. The van der Waals surface area contributed by atoms with E-state index >= 15 is 0 Å². The van der Waals surface area contributed by atoms with Crippen LogP contribution in [0.25, 0.3) is 11.4 Å². The van der Waals surface area contributed by atoms with Gasteiger partial charge in [0.05, 0.1) is 0 Å². The molecule has 2 aromatic rings. The van der Waals surface area contributed by atoms with E-state index in [2.05, 4.69) is 20.6 Å². The summed E-state index contributed by atoms with van der Waals surface area (Å²) < 4.78 is 13.1. The second-order valence-electron chi connectivity index (χ2n) is 6.19. The molecular formula is C18H23FN4. The van der Waals surface area contributed by atoms with E-state index in [9.17, 15) is 4.39 Å². The van der Waals surface area contributed by atoms with Crippen LogP contribution >= 0.6 is 0 Å². The van der Waals surface area contributed by atoms with Crippen LogP contribution in [0.1, 0.15) is 24.1 Å². The van der Waals surface area contributed by atoms with E-state index in [0.29, 0.717) is 11.7 Å². The standard InChI is InChI=1S/C18H23FN4/c1-12-13(2)22-18(15-3-5-16(19)6-4-15)23-17(12)21-11-14-7-9-20-10-8-14/h3-6,14,20H,7-11H2,1-2H3,(H,21,22,23). The van der Waals surface area contributed by atoms with E-state index < -0.39 is 0 Å². The number of piperidine rings is 1. The molecule has 122 valence electrons. The van der Waals surface area contributed by atoms with Gasteiger partial charge in [0.15, 0.2) is 5.82 Å². The Bertz CT molecular complexity index is 663.